The molecule has 0 amide bonds. The average Bonchev–Trinajstić information content (AvgIpc) is 2.03. The maximum absolute atomic E-state index is 5.71. The number of rotatable bonds is 3. The second-order valence-corrected chi connectivity index (χ2v) is 4.63. The lowest BCUT2D eigenvalue weighted by atomic mass is 10.3. The number of nitrogen functional groups attached to an aromatic ring is 1. The molecular formula is C7H9NS3. The summed E-state index contributed by atoms with van der Waals surface area (Å²) in [6.07, 6.45) is 0. The van der Waals surface area contributed by atoms with E-state index in [2.05, 4.69) is 11.7 Å². The van der Waals surface area contributed by atoms with Gasteiger partial charge in [-0.05, 0) is 12.1 Å². The number of anilines is 1. The summed E-state index contributed by atoms with van der Waals surface area (Å²) < 4.78 is 0. The summed E-state index contributed by atoms with van der Waals surface area (Å²) in [5, 5.41) is 0.928. The van der Waals surface area contributed by atoms with Crippen LogP contribution in [0.2, 0.25) is 0 Å². The molecule has 60 valence electrons. The highest BCUT2D eigenvalue weighted by atomic mass is 33.1. The molecule has 0 radical (unpaired) electrons. The normalized spacial score (nSPS) is 9.91. The van der Waals surface area contributed by atoms with Crippen LogP contribution in [0.15, 0.2) is 29.2 Å². The number of benzene rings is 1. The molecule has 2 N–H and O–H groups in total. The molecule has 0 fully saturated rings. The first kappa shape index (κ1) is 9.16. The minimum Gasteiger partial charge on any atom is -0.398 e. The molecular weight excluding hydrogens is 194 g/mol. The number of thiol groups is 1. The molecule has 0 heterocycles. The highest BCUT2D eigenvalue weighted by Crippen LogP contribution is 2.28. The number of thioether (sulfide) groups is 1. The van der Waals surface area contributed by atoms with Crippen molar-refractivity contribution in [3.8, 4) is 0 Å². The molecule has 0 atom stereocenters. The largest absolute Gasteiger partial charge is 0.398 e. The third-order valence-electron chi connectivity index (χ3n) is 1.19. The van der Waals surface area contributed by atoms with Crippen LogP contribution in [-0.4, -0.2) is 5.08 Å². The quantitative estimate of drug-likeness (QED) is 0.260. The van der Waals surface area contributed by atoms with Crippen LogP contribution in [0.5, 0.6) is 0 Å². The van der Waals surface area contributed by atoms with Crippen molar-refractivity contribution in [2.45, 2.75) is 4.90 Å². The molecule has 0 saturated heterocycles. The highest BCUT2D eigenvalue weighted by Gasteiger charge is 1.95. The lowest BCUT2D eigenvalue weighted by Crippen LogP contribution is -1.86. The van der Waals surface area contributed by atoms with Crippen molar-refractivity contribution < 1.29 is 0 Å². The van der Waals surface area contributed by atoms with Gasteiger partial charge in [-0.2, -0.15) is 0 Å². The third-order valence-corrected chi connectivity index (χ3v) is 3.71. The van der Waals surface area contributed by atoms with Crippen molar-refractivity contribution in [1.82, 2.24) is 0 Å². The topological polar surface area (TPSA) is 26.0 Å². The fourth-order valence-electron chi connectivity index (χ4n) is 0.702. The minimum atomic E-state index is 0.847. The van der Waals surface area contributed by atoms with Crippen LogP contribution in [0.3, 0.4) is 0 Å². The van der Waals surface area contributed by atoms with Crippen LogP contribution in [0.4, 0.5) is 5.69 Å². The Bertz CT molecular complexity index is 227. The molecule has 11 heavy (non-hydrogen) atoms. The van der Waals surface area contributed by atoms with Gasteiger partial charge in [0.2, 0.25) is 0 Å². The molecule has 0 aliphatic heterocycles. The molecule has 0 aromatic heterocycles. The van der Waals surface area contributed by atoms with Gasteiger partial charge >= 0.3 is 0 Å². The van der Waals surface area contributed by atoms with E-state index in [1.165, 1.54) is 10.8 Å². The zero-order valence-corrected chi connectivity index (χ0v) is 8.38. The van der Waals surface area contributed by atoms with Gasteiger partial charge in [0.05, 0.1) is 5.08 Å². The molecule has 0 saturated carbocycles. The van der Waals surface area contributed by atoms with Gasteiger partial charge in [-0.25, -0.2) is 0 Å². The summed E-state index contributed by atoms with van der Waals surface area (Å²) in [4.78, 5) is 1.13. The first-order valence-electron chi connectivity index (χ1n) is 3.08. The van der Waals surface area contributed by atoms with Crippen LogP contribution >= 0.6 is 34.2 Å². The third kappa shape index (κ3) is 2.89. The van der Waals surface area contributed by atoms with Gasteiger partial charge in [0.25, 0.3) is 0 Å². The zero-order valence-electron chi connectivity index (χ0n) is 5.86. The summed E-state index contributed by atoms with van der Waals surface area (Å²) in [5.41, 5.74) is 6.55. The van der Waals surface area contributed by atoms with Crippen LogP contribution < -0.4 is 5.73 Å². The molecule has 1 nitrogen and oxygen atoms in total. The van der Waals surface area contributed by atoms with E-state index >= 15 is 0 Å². The fourth-order valence-corrected chi connectivity index (χ4v) is 2.30. The predicted molar refractivity (Wildman–Crippen MR) is 58.2 cm³/mol. The number of para-hydroxylation sites is 1. The molecule has 0 aliphatic carbocycles. The maximum atomic E-state index is 5.71. The van der Waals surface area contributed by atoms with Gasteiger partial charge in [0.1, 0.15) is 0 Å². The summed E-state index contributed by atoms with van der Waals surface area (Å²) in [6, 6.07) is 7.85. The van der Waals surface area contributed by atoms with Gasteiger partial charge in [-0.15, -0.1) is 23.4 Å². The number of nitrogens with two attached hydrogens (primary N) is 1. The van der Waals surface area contributed by atoms with Crippen molar-refractivity contribution in [2.24, 2.45) is 0 Å². The van der Waals surface area contributed by atoms with E-state index in [-0.39, 0.29) is 0 Å². The van der Waals surface area contributed by atoms with E-state index in [1.54, 1.807) is 11.8 Å². The van der Waals surface area contributed by atoms with E-state index in [0.717, 1.165) is 15.7 Å². The Hall–Kier alpha value is 0.0700. The lowest BCUT2D eigenvalue weighted by Gasteiger charge is -2.01. The minimum absolute atomic E-state index is 0.847. The Morgan fingerprint density at radius 2 is 2.09 bits per heavy atom. The Balaban J connectivity index is 2.62. The van der Waals surface area contributed by atoms with Crippen molar-refractivity contribution in [1.29, 1.82) is 0 Å². The maximum Gasteiger partial charge on any atom is 0.0541 e. The summed E-state index contributed by atoms with van der Waals surface area (Å²) in [7, 11) is 1.51. The first-order valence-corrected chi connectivity index (χ1v) is 6.10. The molecule has 0 spiro atoms. The summed E-state index contributed by atoms with van der Waals surface area (Å²) in [6.45, 7) is 0. The van der Waals surface area contributed by atoms with E-state index in [1.807, 2.05) is 24.3 Å². The van der Waals surface area contributed by atoms with Gasteiger partial charge < -0.3 is 5.73 Å². The van der Waals surface area contributed by atoms with Gasteiger partial charge in [-0.3, -0.25) is 0 Å². The van der Waals surface area contributed by atoms with Crippen LogP contribution in [0.25, 0.3) is 0 Å². The van der Waals surface area contributed by atoms with Crippen molar-refractivity contribution in [3.63, 3.8) is 0 Å². The second kappa shape index (κ2) is 4.85. The predicted octanol–water partition coefficient (Wildman–Crippen LogP) is 2.90. The van der Waals surface area contributed by atoms with E-state index in [9.17, 15) is 0 Å². The van der Waals surface area contributed by atoms with Gasteiger partial charge in [0, 0.05) is 10.6 Å². The Labute approximate surface area is 79.9 Å². The van der Waals surface area contributed by atoms with E-state index in [4.69, 9.17) is 5.73 Å². The van der Waals surface area contributed by atoms with E-state index in [0.29, 0.717) is 0 Å². The summed E-state index contributed by atoms with van der Waals surface area (Å²) >= 11 is 5.75. The Morgan fingerprint density at radius 3 is 2.73 bits per heavy atom. The van der Waals surface area contributed by atoms with Gasteiger partial charge in [0.15, 0.2) is 0 Å². The zero-order chi connectivity index (χ0) is 8.10. The second-order valence-electron chi connectivity index (χ2n) is 1.93. The van der Waals surface area contributed by atoms with E-state index < -0.39 is 0 Å². The highest BCUT2D eigenvalue weighted by molar-refractivity contribution is 8.70. The smallest absolute Gasteiger partial charge is 0.0541 e. The Kier molecular flexibility index (Phi) is 4.04. The number of hydrogen-bond donors (Lipinski definition) is 2. The molecule has 0 unspecified atom stereocenters. The fraction of sp³-hybridized carbons (Fsp3) is 0.143. The molecule has 4 heteroatoms. The Morgan fingerprint density at radius 1 is 1.36 bits per heavy atom. The molecule has 0 aliphatic rings. The lowest BCUT2D eigenvalue weighted by molar-refractivity contribution is 1.47. The van der Waals surface area contributed by atoms with Crippen molar-refractivity contribution in [3.05, 3.63) is 24.3 Å². The monoisotopic (exact) mass is 203 g/mol. The molecule has 0 bridgehead atoms. The SMILES string of the molecule is Nc1ccccc1SCSS. The standard InChI is InChI=1S/C7H9NS3/c8-6-3-1-2-4-7(6)10-5-11-9/h1-4,9H,5,8H2. The molecule has 1 rings (SSSR count). The molecule has 1 aromatic rings. The van der Waals surface area contributed by atoms with Gasteiger partial charge in [-0.1, -0.05) is 22.9 Å². The average molecular weight is 203 g/mol. The summed E-state index contributed by atoms with van der Waals surface area (Å²) in [5.74, 6) is 0. The first-order chi connectivity index (χ1) is 5.34. The van der Waals surface area contributed by atoms with Crippen molar-refractivity contribution >= 4 is 39.9 Å². The van der Waals surface area contributed by atoms with Crippen LogP contribution in [0, 0.1) is 0 Å². The molecule has 1 aromatic carbocycles. The van der Waals surface area contributed by atoms with Crippen LogP contribution in [-0.2, 0) is 0 Å². The van der Waals surface area contributed by atoms with Crippen LogP contribution in [0.1, 0.15) is 0 Å². The van der Waals surface area contributed by atoms with Crippen molar-refractivity contribution in [2.75, 3.05) is 10.8 Å². The number of hydrogen-bond acceptors (Lipinski definition) is 4.